The first-order valence-electron chi connectivity index (χ1n) is 7.53. The van der Waals surface area contributed by atoms with Crippen LogP contribution in [0.4, 0.5) is 5.69 Å². The van der Waals surface area contributed by atoms with Crippen molar-refractivity contribution in [2.45, 2.75) is 39.2 Å². The van der Waals surface area contributed by atoms with E-state index in [4.69, 9.17) is 0 Å². The number of benzene rings is 1. The Hall–Kier alpha value is -2.14. The number of hydrogen-bond donors (Lipinski definition) is 2. The van der Waals surface area contributed by atoms with Crippen LogP contribution in [0.5, 0.6) is 0 Å². The highest BCUT2D eigenvalue weighted by Gasteiger charge is 2.18. The second-order valence-electron chi connectivity index (χ2n) is 6.49. The van der Waals surface area contributed by atoms with Crippen molar-refractivity contribution < 1.29 is 9.59 Å². The Bertz CT molecular complexity index is 670. The van der Waals surface area contributed by atoms with E-state index in [0.717, 1.165) is 5.69 Å². The van der Waals surface area contributed by atoms with Crippen LogP contribution < -0.4 is 10.6 Å². The number of hydrogen-bond acceptors (Lipinski definition) is 3. The fraction of sp³-hybridized carbons (Fsp3) is 0.333. The van der Waals surface area contributed by atoms with Gasteiger partial charge in [0.2, 0.25) is 5.91 Å². The summed E-state index contributed by atoms with van der Waals surface area (Å²) in [6.45, 7) is 8.10. The molecular weight excluding hydrogens is 308 g/mol. The van der Waals surface area contributed by atoms with E-state index in [-0.39, 0.29) is 17.2 Å². The number of nitrogens with one attached hydrogen (secondary N) is 2. The van der Waals surface area contributed by atoms with Crippen molar-refractivity contribution in [3.63, 3.8) is 0 Å². The van der Waals surface area contributed by atoms with Crippen LogP contribution in [0.15, 0.2) is 41.8 Å². The van der Waals surface area contributed by atoms with Gasteiger partial charge in [-0.05, 0) is 41.5 Å². The van der Waals surface area contributed by atoms with Crippen molar-refractivity contribution in [1.82, 2.24) is 5.32 Å². The number of rotatable bonds is 4. The van der Waals surface area contributed by atoms with Gasteiger partial charge in [0.05, 0.1) is 4.88 Å². The molecule has 0 spiro atoms. The van der Waals surface area contributed by atoms with E-state index in [1.807, 2.05) is 29.6 Å². The Labute approximate surface area is 140 Å². The Kier molecular flexibility index (Phi) is 5.21. The molecule has 0 saturated carbocycles. The Morgan fingerprint density at radius 1 is 1.09 bits per heavy atom. The second kappa shape index (κ2) is 6.96. The van der Waals surface area contributed by atoms with Crippen molar-refractivity contribution in [2.24, 2.45) is 0 Å². The number of amides is 2. The summed E-state index contributed by atoms with van der Waals surface area (Å²) in [7, 11) is 0. The number of thiophene rings is 1. The molecule has 0 radical (unpaired) electrons. The Morgan fingerprint density at radius 2 is 1.74 bits per heavy atom. The fourth-order valence-electron chi connectivity index (χ4n) is 2.05. The molecule has 2 N–H and O–H groups in total. The molecule has 23 heavy (non-hydrogen) atoms. The van der Waals surface area contributed by atoms with Crippen molar-refractivity contribution in [3.05, 3.63) is 52.2 Å². The summed E-state index contributed by atoms with van der Waals surface area (Å²) >= 11 is 1.35. The first-order valence-corrected chi connectivity index (χ1v) is 8.41. The van der Waals surface area contributed by atoms with Crippen LogP contribution in [0.25, 0.3) is 0 Å². The standard InChI is InChI=1S/C18H22N2O2S/c1-12(19-17(22)15-6-5-11-23-15)16(21)20-14-9-7-13(8-10-14)18(2,3)4/h5-12H,1-4H3,(H,19,22)(H,20,21). The Morgan fingerprint density at radius 3 is 2.26 bits per heavy atom. The molecule has 122 valence electrons. The minimum absolute atomic E-state index is 0.0739. The third-order valence-corrected chi connectivity index (χ3v) is 4.37. The summed E-state index contributed by atoms with van der Waals surface area (Å²) in [6.07, 6.45) is 0. The molecule has 0 aliphatic rings. The maximum absolute atomic E-state index is 12.2. The number of anilines is 1. The highest BCUT2D eigenvalue weighted by atomic mass is 32.1. The molecule has 1 heterocycles. The number of carbonyl (C=O) groups is 2. The van der Waals surface area contributed by atoms with Crippen LogP contribution >= 0.6 is 11.3 Å². The lowest BCUT2D eigenvalue weighted by atomic mass is 9.87. The summed E-state index contributed by atoms with van der Waals surface area (Å²) in [4.78, 5) is 24.7. The van der Waals surface area contributed by atoms with E-state index in [1.165, 1.54) is 16.9 Å². The molecule has 0 aliphatic heterocycles. The van der Waals surface area contributed by atoms with E-state index in [2.05, 4.69) is 31.4 Å². The molecule has 4 nitrogen and oxygen atoms in total. The number of carbonyl (C=O) groups excluding carboxylic acids is 2. The van der Waals surface area contributed by atoms with Gasteiger partial charge < -0.3 is 10.6 Å². The van der Waals surface area contributed by atoms with Gasteiger partial charge in [-0.1, -0.05) is 39.0 Å². The summed E-state index contributed by atoms with van der Waals surface area (Å²) in [5, 5.41) is 7.35. The summed E-state index contributed by atoms with van der Waals surface area (Å²) in [6, 6.07) is 10.7. The molecular formula is C18H22N2O2S. The zero-order valence-corrected chi connectivity index (χ0v) is 14.7. The average molecular weight is 330 g/mol. The molecule has 0 bridgehead atoms. The minimum Gasteiger partial charge on any atom is -0.340 e. The van der Waals surface area contributed by atoms with Crippen LogP contribution in [0.3, 0.4) is 0 Å². The van der Waals surface area contributed by atoms with E-state index in [1.54, 1.807) is 19.1 Å². The van der Waals surface area contributed by atoms with Gasteiger partial charge in [0.1, 0.15) is 6.04 Å². The highest BCUT2D eigenvalue weighted by molar-refractivity contribution is 7.12. The normalized spacial score (nSPS) is 12.5. The van der Waals surface area contributed by atoms with Gasteiger partial charge in [-0.2, -0.15) is 0 Å². The zero-order valence-electron chi connectivity index (χ0n) is 13.8. The average Bonchev–Trinajstić information content (AvgIpc) is 3.01. The summed E-state index contributed by atoms with van der Waals surface area (Å²) in [5.41, 5.74) is 2.00. The monoisotopic (exact) mass is 330 g/mol. The van der Waals surface area contributed by atoms with E-state index in [9.17, 15) is 9.59 Å². The van der Waals surface area contributed by atoms with Gasteiger partial charge in [0.15, 0.2) is 0 Å². The van der Waals surface area contributed by atoms with E-state index < -0.39 is 6.04 Å². The highest BCUT2D eigenvalue weighted by Crippen LogP contribution is 2.23. The quantitative estimate of drug-likeness (QED) is 0.896. The van der Waals surface area contributed by atoms with Crippen molar-refractivity contribution >= 4 is 28.8 Å². The Balaban J connectivity index is 1.94. The van der Waals surface area contributed by atoms with Crippen molar-refractivity contribution in [3.8, 4) is 0 Å². The van der Waals surface area contributed by atoms with Crippen molar-refractivity contribution in [2.75, 3.05) is 5.32 Å². The second-order valence-corrected chi connectivity index (χ2v) is 7.44. The molecule has 1 atom stereocenters. The fourth-order valence-corrected chi connectivity index (χ4v) is 2.67. The SMILES string of the molecule is CC(NC(=O)c1cccs1)C(=O)Nc1ccc(C(C)(C)C)cc1. The molecule has 2 rings (SSSR count). The maximum atomic E-state index is 12.2. The van der Waals surface area contributed by atoms with Crippen LogP contribution in [0.1, 0.15) is 42.9 Å². The van der Waals surface area contributed by atoms with E-state index in [0.29, 0.717) is 4.88 Å². The molecule has 0 aliphatic carbocycles. The minimum atomic E-state index is -0.605. The first-order chi connectivity index (χ1) is 10.8. The van der Waals surface area contributed by atoms with Crippen molar-refractivity contribution in [1.29, 1.82) is 0 Å². The lowest BCUT2D eigenvalue weighted by Crippen LogP contribution is -2.41. The predicted molar refractivity (Wildman–Crippen MR) is 95.0 cm³/mol. The molecule has 2 amide bonds. The molecule has 2 aromatic rings. The van der Waals surface area contributed by atoms with Crippen LogP contribution in [-0.4, -0.2) is 17.9 Å². The van der Waals surface area contributed by atoms with Gasteiger partial charge in [0, 0.05) is 5.69 Å². The smallest absolute Gasteiger partial charge is 0.261 e. The van der Waals surface area contributed by atoms with Crippen LogP contribution in [0.2, 0.25) is 0 Å². The topological polar surface area (TPSA) is 58.2 Å². The van der Waals surface area contributed by atoms with Gasteiger partial charge in [-0.15, -0.1) is 11.3 Å². The van der Waals surface area contributed by atoms with Crippen LogP contribution in [-0.2, 0) is 10.2 Å². The summed E-state index contributed by atoms with van der Waals surface area (Å²) < 4.78 is 0. The third kappa shape index (κ3) is 4.66. The lowest BCUT2D eigenvalue weighted by molar-refractivity contribution is -0.117. The first kappa shape index (κ1) is 17.2. The largest absolute Gasteiger partial charge is 0.340 e. The van der Waals surface area contributed by atoms with Crippen LogP contribution in [0, 0.1) is 0 Å². The van der Waals surface area contributed by atoms with E-state index >= 15 is 0 Å². The lowest BCUT2D eigenvalue weighted by Gasteiger charge is -2.19. The van der Waals surface area contributed by atoms with Gasteiger partial charge in [-0.3, -0.25) is 9.59 Å². The molecule has 1 aromatic carbocycles. The van der Waals surface area contributed by atoms with Gasteiger partial charge >= 0.3 is 0 Å². The maximum Gasteiger partial charge on any atom is 0.261 e. The molecule has 0 fully saturated rings. The molecule has 0 saturated heterocycles. The molecule has 5 heteroatoms. The summed E-state index contributed by atoms with van der Waals surface area (Å²) in [5.74, 6) is -0.468. The predicted octanol–water partition coefficient (Wildman–Crippen LogP) is 3.80. The molecule has 1 aromatic heterocycles. The zero-order chi connectivity index (χ0) is 17.0. The molecule has 1 unspecified atom stereocenters. The van der Waals surface area contributed by atoms with Gasteiger partial charge in [0.25, 0.3) is 5.91 Å². The van der Waals surface area contributed by atoms with Gasteiger partial charge in [-0.25, -0.2) is 0 Å². The third-order valence-electron chi connectivity index (χ3n) is 3.50.